The minimum absolute atomic E-state index is 0.0562. The van der Waals surface area contributed by atoms with Crippen molar-refractivity contribution in [3.05, 3.63) is 0 Å². The van der Waals surface area contributed by atoms with Crippen LogP contribution in [0.5, 0.6) is 0 Å². The number of nitrogens with two attached hydrogens (primary N) is 1. The summed E-state index contributed by atoms with van der Waals surface area (Å²) in [5.74, 6) is -3.31. The smallest absolute Gasteiger partial charge is 0.329 e. The Morgan fingerprint density at radius 1 is 0.853 bits per heavy atom. The summed E-state index contributed by atoms with van der Waals surface area (Å²) in [6.07, 6.45) is 3.49. The lowest BCUT2D eigenvalue weighted by Gasteiger charge is -2.25. The maximum atomic E-state index is 12.5. The van der Waals surface area contributed by atoms with Gasteiger partial charge in [-0.3, -0.25) is 9.59 Å². The minimum Gasteiger partial charge on any atom is -0.481 e. The second-order valence-electron chi connectivity index (χ2n) is 8.97. The summed E-state index contributed by atoms with van der Waals surface area (Å²) in [5, 5.41) is 25.3. The van der Waals surface area contributed by atoms with Crippen LogP contribution in [0.25, 0.3) is 0 Å². The van der Waals surface area contributed by atoms with Gasteiger partial charge in [-0.1, -0.05) is 6.42 Å². The molecule has 34 heavy (non-hydrogen) atoms. The van der Waals surface area contributed by atoms with E-state index in [2.05, 4.69) is 16.0 Å². The first kappa shape index (κ1) is 31.1. The zero-order valence-corrected chi connectivity index (χ0v) is 20.4. The molecule has 0 aromatic rings. The molecule has 0 bridgehead atoms. The number of ether oxygens (including phenoxy) is 1. The van der Waals surface area contributed by atoms with Gasteiger partial charge in [-0.2, -0.15) is 0 Å². The topological polar surface area (TPSA) is 197 Å². The molecule has 0 aliphatic carbocycles. The molecule has 3 amide bonds. The van der Waals surface area contributed by atoms with Gasteiger partial charge in [-0.05, 0) is 65.8 Å². The zero-order valence-electron chi connectivity index (χ0n) is 20.4. The van der Waals surface area contributed by atoms with E-state index in [1.165, 1.54) is 0 Å². The number of esters is 1. The van der Waals surface area contributed by atoms with E-state index in [-0.39, 0.29) is 18.7 Å². The molecule has 0 heterocycles. The second-order valence-corrected chi connectivity index (χ2v) is 8.97. The van der Waals surface area contributed by atoms with E-state index in [9.17, 15) is 29.1 Å². The number of hydrogen-bond donors (Lipinski definition) is 6. The average molecular weight is 489 g/mol. The van der Waals surface area contributed by atoms with Gasteiger partial charge in [0, 0.05) is 19.4 Å². The summed E-state index contributed by atoms with van der Waals surface area (Å²) in [7, 11) is 0. The Kier molecular flexibility index (Phi) is 15.3. The van der Waals surface area contributed by atoms with Crippen LogP contribution in [0.15, 0.2) is 0 Å². The molecule has 7 N–H and O–H groups in total. The molecule has 0 fully saturated rings. The van der Waals surface area contributed by atoms with Crippen molar-refractivity contribution in [1.82, 2.24) is 16.0 Å². The molecule has 2 atom stereocenters. The van der Waals surface area contributed by atoms with Crippen molar-refractivity contribution < 1.29 is 38.9 Å². The zero-order chi connectivity index (χ0) is 26.1. The number of aliphatic carboxylic acids is 2. The number of hydrogen-bond acceptors (Lipinski definition) is 7. The molecule has 0 rings (SSSR count). The number of amides is 3. The second kappa shape index (κ2) is 16.7. The van der Waals surface area contributed by atoms with Gasteiger partial charge in [0.1, 0.15) is 17.7 Å². The molecule has 0 aliphatic heterocycles. The lowest BCUT2D eigenvalue weighted by atomic mass is 10.1. The highest BCUT2D eigenvalue weighted by atomic mass is 16.6. The SMILES string of the molecule is CC(C)(C)OC(=O)C(CCCCNC(=O)CCCCCN)NC(=O)NC(CCC(=O)O)C(=O)O. The molecule has 0 radical (unpaired) electrons. The first-order valence-electron chi connectivity index (χ1n) is 11.6. The van der Waals surface area contributed by atoms with Gasteiger partial charge in [0.2, 0.25) is 5.91 Å². The van der Waals surface area contributed by atoms with Gasteiger partial charge < -0.3 is 36.6 Å². The van der Waals surface area contributed by atoms with Crippen LogP contribution in [0.2, 0.25) is 0 Å². The van der Waals surface area contributed by atoms with Crippen molar-refractivity contribution in [2.45, 2.75) is 96.2 Å². The summed E-state index contributed by atoms with van der Waals surface area (Å²) in [4.78, 5) is 58.6. The van der Waals surface area contributed by atoms with Crippen molar-refractivity contribution in [1.29, 1.82) is 0 Å². The Morgan fingerprint density at radius 3 is 2.06 bits per heavy atom. The van der Waals surface area contributed by atoms with Crippen molar-refractivity contribution in [2.24, 2.45) is 5.73 Å². The monoisotopic (exact) mass is 488 g/mol. The standard InChI is InChI=1S/C22H40N4O8/c1-22(2,3)34-20(32)16(9-6-8-14-24-17(27)10-5-4-7-13-23)26-21(33)25-15(19(30)31)11-12-18(28)29/h15-16H,4-14,23H2,1-3H3,(H,24,27)(H,28,29)(H,30,31)(H2,25,26,33). The average Bonchev–Trinajstić information content (AvgIpc) is 2.71. The molecular weight excluding hydrogens is 448 g/mol. The van der Waals surface area contributed by atoms with Crippen LogP contribution in [-0.2, 0) is 23.9 Å². The predicted molar refractivity (Wildman–Crippen MR) is 124 cm³/mol. The van der Waals surface area contributed by atoms with E-state index < -0.39 is 48.0 Å². The van der Waals surface area contributed by atoms with E-state index >= 15 is 0 Å². The largest absolute Gasteiger partial charge is 0.481 e. The van der Waals surface area contributed by atoms with Gasteiger partial charge in [-0.25, -0.2) is 14.4 Å². The van der Waals surface area contributed by atoms with E-state index in [0.717, 1.165) is 19.3 Å². The third kappa shape index (κ3) is 16.7. The summed E-state index contributed by atoms with van der Waals surface area (Å²) in [6, 6.07) is -3.38. The summed E-state index contributed by atoms with van der Waals surface area (Å²) >= 11 is 0. The lowest BCUT2D eigenvalue weighted by Crippen LogP contribution is -2.52. The van der Waals surface area contributed by atoms with Gasteiger partial charge in [0.25, 0.3) is 0 Å². The molecule has 0 spiro atoms. The molecule has 196 valence electrons. The van der Waals surface area contributed by atoms with Crippen LogP contribution >= 0.6 is 0 Å². The van der Waals surface area contributed by atoms with Gasteiger partial charge in [0.05, 0.1) is 0 Å². The number of rotatable bonds is 17. The van der Waals surface area contributed by atoms with Crippen LogP contribution in [0, 0.1) is 0 Å². The molecule has 12 heteroatoms. The fraction of sp³-hybridized carbons (Fsp3) is 0.773. The fourth-order valence-corrected chi connectivity index (χ4v) is 2.90. The predicted octanol–water partition coefficient (Wildman–Crippen LogP) is 1.12. The molecule has 2 unspecified atom stereocenters. The Labute approximate surface area is 200 Å². The molecular formula is C22H40N4O8. The Bertz CT molecular complexity index is 678. The number of carboxylic acids is 2. The van der Waals surface area contributed by atoms with Crippen LogP contribution in [-0.4, -0.2) is 70.8 Å². The van der Waals surface area contributed by atoms with Gasteiger partial charge >= 0.3 is 23.9 Å². The number of carbonyl (C=O) groups excluding carboxylic acids is 3. The maximum Gasteiger partial charge on any atom is 0.329 e. The summed E-state index contributed by atoms with van der Waals surface area (Å²) in [6.45, 7) is 6.05. The molecule has 12 nitrogen and oxygen atoms in total. The van der Waals surface area contributed by atoms with Crippen LogP contribution in [0.1, 0.15) is 78.6 Å². The van der Waals surface area contributed by atoms with E-state index in [1.807, 2.05) is 0 Å². The normalized spacial score (nSPS) is 12.8. The number of urea groups is 1. The molecule has 0 aliphatic rings. The number of carboxylic acid groups (broad SMARTS) is 2. The molecule has 0 aromatic carbocycles. The Hall–Kier alpha value is -2.89. The van der Waals surface area contributed by atoms with E-state index in [1.54, 1.807) is 20.8 Å². The van der Waals surface area contributed by atoms with Crippen LogP contribution < -0.4 is 21.7 Å². The lowest BCUT2D eigenvalue weighted by molar-refractivity contribution is -0.157. The van der Waals surface area contributed by atoms with E-state index in [0.29, 0.717) is 32.4 Å². The first-order chi connectivity index (χ1) is 15.9. The third-order valence-corrected chi connectivity index (χ3v) is 4.60. The minimum atomic E-state index is -1.42. The van der Waals surface area contributed by atoms with Crippen molar-refractivity contribution in [2.75, 3.05) is 13.1 Å². The highest BCUT2D eigenvalue weighted by molar-refractivity contribution is 5.87. The van der Waals surface area contributed by atoms with Gasteiger partial charge in [-0.15, -0.1) is 0 Å². The summed E-state index contributed by atoms with van der Waals surface area (Å²) in [5.41, 5.74) is 4.62. The quantitative estimate of drug-likeness (QED) is 0.128. The number of carbonyl (C=O) groups is 5. The highest BCUT2D eigenvalue weighted by Crippen LogP contribution is 2.12. The molecule has 0 saturated carbocycles. The highest BCUT2D eigenvalue weighted by Gasteiger charge is 2.28. The van der Waals surface area contributed by atoms with E-state index in [4.69, 9.17) is 15.6 Å². The maximum absolute atomic E-state index is 12.5. The van der Waals surface area contributed by atoms with Crippen LogP contribution in [0.3, 0.4) is 0 Å². The Morgan fingerprint density at radius 2 is 1.50 bits per heavy atom. The fourth-order valence-electron chi connectivity index (χ4n) is 2.90. The number of nitrogens with one attached hydrogen (secondary N) is 3. The van der Waals surface area contributed by atoms with Crippen molar-refractivity contribution in [3.63, 3.8) is 0 Å². The van der Waals surface area contributed by atoms with Gasteiger partial charge in [0.15, 0.2) is 0 Å². The Balaban J connectivity index is 4.73. The van der Waals surface area contributed by atoms with Crippen molar-refractivity contribution >= 4 is 29.8 Å². The van der Waals surface area contributed by atoms with Crippen molar-refractivity contribution in [3.8, 4) is 0 Å². The number of unbranched alkanes of at least 4 members (excludes halogenated alkanes) is 3. The molecule has 0 aromatic heterocycles. The molecule has 0 saturated heterocycles. The third-order valence-electron chi connectivity index (χ3n) is 4.60. The summed E-state index contributed by atoms with van der Waals surface area (Å²) < 4.78 is 5.34. The first-order valence-corrected chi connectivity index (χ1v) is 11.6. The van der Waals surface area contributed by atoms with Crippen LogP contribution in [0.4, 0.5) is 4.79 Å².